The van der Waals surface area contributed by atoms with Crippen molar-refractivity contribution < 1.29 is 21.7 Å². The summed E-state index contributed by atoms with van der Waals surface area (Å²) < 4.78 is 0. The Morgan fingerprint density at radius 3 is 1.90 bits per heavy atom. The molecule has 0 N–H and O–H groups in total. The molecular formula is C26H42N2SiTi. The molecule has 30 heavy (non-hydrogen) atoms. The molecule has 0 aromatic heterocycles. The second-order valence-electron chi connectivity index (χ2n) is 9.94. The summed E-state index contributed by atoms with van der Waals surface area (Å²) in [5.74, 6) is 1.32. The van der Waals surface area contributed by atoms with Crippen LogP contribution < -0.4 is 0 Å². The van der Waals surface area contributed by atoms with Crippen LogP contribution in [0.15, 0.2) is 48.6 Å². The summed E-state index contributed by atoms with van der Waals surface area (Å²) in [6.07, 6.45) is 10.8. The van der Waals surface area contributed by atoms with Crippen molar-refractivity contribution in [3.05, 3.63) is 87.0 Å². The topological polar surface area (TPSA) is 17.3 Å². The maximum atomic E-state index is 5.38. The normalized spacial score (nSPS) is 27.1. The second-order valence-corrected chi connectivity index (χ2v) is 14.2. The Labute approximate surface area is 203 Å². The van der Waals surface area contributed by atoms with Crippen LogP contribution in [0.2, 0.25) is 18.6 Å². The average Bonchev–Trinajstić information content (AvgIpc) is 3.14. The van der Waals surface area contributed by atoms with E-state index >= 15 is 0 Å². The number of hydrogen-bond acceptors (Lipinski definition) is 1. The molecule has 1 heterocycles. The summed E-state index contributed by atoms with van der Waals surface area (Å²) >= 11 is 0. The van der Waals surface area contributed by atoms with Gasteiger partial charge in [0.15, 0.2) is 0 Å². The molecule has 4 atom stereocenters. The van der Waals surface area contributed by atoms with Gasteiger partial charge in [0, 0.05) is 19.1 Å². The molecule has 1 aromatic rings. The molecule has 4 heteroatoms. The third-order valence-electron chi connectivity index (χ3n) is 6.49. The molecule has 0 bridgehead atoms. The summed E-state index contributed by atoms with van der Waals surface area (Å²) in [5, 5.41) is 0. The molecule has 0 radical (unpaired) electrons. The van der Waals surface area contributed by atoms with E-state index in [9.17, 15) is 0 Å². The van der Waals surface area contributed by atoms with Crippen LogP contribution in [0.4, 0.5) is 0 Å². The third-order valence-corrected chi connectivity index (χ3v) is 10.2. The first kappa shape index (κ1) is 29.6. The number of hydrogen-bond donors (Lipinski definition) is 0. The molecular weight excluding hydrogens is 416 g/mol. The molecule has 0 saturated heterocycles. The molecule has 164 valence electrons. The zero-order valence-corrected chi connectivity index (χ0v) is 23.0. The van der Waals surface area contributed by atoms with Gasteiger partial charge in [-0.1, -0.05) is 96.2 Å². The van der Waals surface area contributed by atoms with Gasteiger partial charge in [-0.15, -0.1) is 5.54 Å². The Morgan fingerprint density at radius 2 is 1.40 bits per heavy atom. The predicted molar refractivity (Wildman–Crippen MR) is 133 cm³/mol. The van der Waals surface area contributed by atoms with Gasteiger partial charge in [-0.25, -0.2) is 0 Å². The Hall–Kier alpha value is -0.449. The van der Waals surface area contributed by atoms with Crippen LogP contribution in [-0.2, 0) is 34.8 Å². The van der Waals surface area contributed by atoms with Crippen LogP contribution in [0.1, 0.15) is 38.3 Å². The maximum Gasteiger partial charge on any atom is 4.00 e. The van der Waals surface area contributed by atoms with E-state index in [1.807, 2.05) is 0 Å². The number of fused-ring (bicyclic) bond motifs is 2. The number of nitrogens with zero attached hydrogens (tertiary/aromatic N) is 2. The maximum absolute atomic E-state index is 5.38. The number of rotatable bonds is 3. The van der Waals surface area contributed by atoms with E-state index in [1.54, 1.807) is 0 Å². The fourth-order valence-corrected chi connectivity index (χ4v) is 9.68. The van der Waals surface area contributed by atoms with Crippen molar-refractivity contribution in [1.29, 1.82) is 0 Å². The first-order valence-corrected chi connectivity index (χ1v) is 13.2. The first-order chi connectivity index (χ1) is 12.2. The molecule has 3 aliphatic rings. The van der Waals surface area contributed by atoms with E-state index in [2.05, 4.69) is 87.3 Å². The Morgan fingerprint density at radius 1 is 0.900 bits per heavy atom. The minimum Gasteiger partial charge on any atom is -0.660 e. The van der Waals surface area contributed by atoms with Gasteiger partial charge in [0.1, 0.15) is 0 Å². The van der Waals surface area contributed by atoms with E-state index in [4.69, 9.17) is 4.98 Å². The third kappa shape index (κ3) is 5.86. The summed E-state index contributed by atoms with van der Waals surface area (Å²) in [7, 11) is -1.67. The zero-order chi connectivity index (χ0) is 18.5. The average molecular weight is 459 g/mol. The Balaban J connectivity index is 0.00000210. The van der Waals surface area contributed by atoms with E-state index in [0.29, 0.717) is 17.9 Å². The first-order valence-electron chi connectivity index (χ1n) is 10.1. The van der Waals surface area contributed by atoms with E-state index < -0.39 is 8.24 Å². The minimum absolute atomic E-state index is 0. The van der Waals surface area contributed by atoms with Gasteiger partial charge in [0.2, 0.25) is 0 Å². The van der Waals surface area contributed by atoms with Crippen LogP contribution in [0, 0.1) is 34.1 Å². The predicted octanol–water partition coefficient (Wildman–Crippen LogP) is 7.23. The molecule has 1 aromatic carbocycles. The molecule has 1 saturated carbocycles. The molecule has 4 unspecified atom stereocenters. The standard InChI is InChI=1S/C23H33N2Si.3CH3.Ti/c1-23(2,3)24-26(4,5)22-14-21(19-12-8-9-13-20(19)22)25-15-17-10-6-7-11-18(17)16-25;;;;/h6-13,19-22H,14-16H2,1-5H3;3*1H3;/q4*-1;+4. The van der Waals surface area contributed by atoms with Crippen molar-refractivity contribution >= 4 is 8.24 Å². The van der Waals surface area contributed by atoms with Gasteiger partial charge in [0.05, 0.1) is 0 Å². The van der Waals surface area contributed by atoms with Crippen LogP contribution >= 0.6 is 0 Å². The van der Waals surface area contributed by atoms with E-state index in [0.717, 1.165) is 18.6 Å². The summed E-state index contributed by atoms with van der Waals surface area (Å²) in [4.78, 5) is 8.12. The molecule has 0 spiro atoms. The molecule has 2 aliphatic carbocycles. The fraction of sp³-hybridized carbons (Fsp3) is 0.500. The molecule has 1 fully saturated rings. The molecule has 2 nitrogen and oxygen atoms in total. The van der Waals surface area contributed by atoms with E-state index in [-0.39, 0.29) is 49.5 Å². The smallest absolute Gasteiger partial charge is 0.660 e. The van der Waals surface area contributed by atoms with Crippen LogP contribution in [0.25, 0.3) is 4.98 Å². The summed E-state index contributed by atoms with van der Waals surface area (Å²) in [6, 6.07) is 9.64. The monoisotopic (exact) mass is 458 g/mol. The van der Waals surface area contributed by atoms with Crippen molar-refractivity contribution in [3.63, 3.8) is 0 Å². The van der Waals surface area contributed by atoms with Crippen molar-refractivity contribution in [2.24, 2.45) is 11.8 Å². The van der Waals surface area contributed by atoms with Gasteiger partial charge >= 0.3 is 21.7 Å². The largest absolute Gasteiger partial charge is 4.00 e. The number of benzene rings is 1. The van der Waals surface area contributed by atoms with Gasteiger partial charge in [-0.3, -0.25) is 4.90 Å². The molecule has 0 amide bonds. The van der Waals surface area contributed by atoms with Crippen LogP contribution in [0.5, 0.6) is 0 Å². The Bertz CT molecular complexity index is 710. The summed E-state index contributed by atoms with van der Waals surface area (Å²) in [5.41, 5.74) is 3.86. The zero-order valence-electron chi connectivity index (χ0n) is 20.4. The van der Waals surface area contributed by atoms with Gasteiger partial charge < -0.3 is 27.3 Å². The molecule has 1 aliphatic heterocycles. The van der Waals surface area contributed by atoms with Crippen molar-refractivity contribution in [2.75, 3.05) is 0 Å². The quantitative estimate of drug-likeness (QED) is 0.345. The summed E-state index contributed by atoms with van der Waals surface area (Å²) in [6.45, 7) is 14.0. The van der Waals surface area contributed by atoms with Crippen molar-refractivity contribution in [3.8, 4) is 0 Å². The van der Waals surface area contributed by atoms with Gasteiger partial charge in [-0.05, 0) is 29.4 Å². The van der Waals surface area contributed by atoms with Crippen molar-refractivity contribution in [2.45, 2.75) is 70.5 Å². The Kier molecular flexibility index (Phi) is 10.8. The fourth-order valence-electron chi connectivity index (χ4n) is 5.70. The van der Waals surface area contributed by atoms with Gasteiger partial charge in [0.25, 0.3) is 0 Å². The SMILES string of the molecule is CC(C)(C)[N-][Si](C)(C)C1CC(N2Cc3ccccc3C2)C2C=CC=CC21.[CH3-].[CH3-].[CH3-].[Ti+4]. The van der Waals surface area contributed by atoms with Gasteiger partial charge in [-0.2, -0.15) is 0 Å². The number of allylic oxidation sites excluding steroid dienone is 3. The van der Waals surface area contributed by atoms with E-state index in [1.165, 1.54) is 17.5 Å². The second kappa shape index (κ2) is 10.9. The van der Waals surface area contributed by atoms with Crippen molar-refractivity contribution in [1.82, 2.24) is 4.90 Å². The van der Waals surface area contributed by atoms with Crippen LogP contribution in [-0.4, -0.2) is 24.7 Å². The molecule has 4 rings (SSSR count). The van der Waals surface area contributed by atoms with Crippen LogP contribution in [0.3, 0.4) is 0 Å². The minimum atomic E-state index is -1.67.